The van der Waals surface area contributed by atoms with Crippen LogP contribution in [0.3, 0.4) is 0 Å². The Morgan fingerprint density at radius 2 is 2.24 bits per heavy atom. The number of hydrogen-bond acceptors (Lipinski definition) is 3. The predicted molar refractivity (Wildman–Crippen MR) is 70.2 cm³/mol. The highest BCUT2D eigenvalue weighted by Crippen LogP contribution is 2.08. The molecule has 4 nitrogen and oxygen atoms in total. The van der Waals surface area contributed by atoms with Gasteiger partial charge in [0.25, 0.3) is 0 Å². The van der Waals surface area contributed by atoms with Gasteiger partial charge in [0, 0.05) is 38.5 Å². The van der Waals surface area contributed by atoms with Crippen LogP contribution in [0, 0.1) is 0 Å². The molecule has 0 radical (unpaired) electrons. The van der Waals surface area contributed by atoms with Gasteiger partial charge in [0.15, 0.2) is 0 Å². The number of hydrogen-bond donors (Lipinski definition) is 1. The number of aromatic nitrogens is 2. The summed E-state index contributed by atoms with van der Waals surface area (Å²) >= 11 is 0. The second-order valence-corrected chi connectivity index (χ2v) is 4.37. The van der Waals surface area contributed by atoms with Crippen molar-refractivity contribution in [3.63, 3.8) is 0 Å². The number of aryl methyl sites for hydroxylation is 1. The standard InChI is InChI=1S/C13H25N3O/c1-5-14-12(9-11(3)17-4)10-13-15-7-8-16(13)6-2/h7-8,11-12,14H,5-6,9-10H2,1-4H3. The molecule has 0 spiro atoms. The van der Waals surface area contributed by atoms with Gasteiger partial charge in [-0.1, -0.05) is 6.92 Å². The van der Waals surface area contributed by atoms with Crippen molar-refractivity contribution >= 4 is 0 Å². The van der Waals surface area contributed by atoms with Crippen molar-refractivity contribution in [1.29, 1.82) is 0 Å². The molecule has 2 atom stereocenters. The molecule has 0 aliphatic heterocycles. The molecule has 0 fully saturated rings. The van der Waals surface area contributed by atoms with Crippen molar-refractivity contribution in [1.82, 2.24) is 14.9 Å². The summed E-state index contributed by atoms with van der Waals surface area (Å²) in [4.78, 5) is 4.42. The van der Waals surface area contributed by atoms with Crippen molar-refractivity contribution in [3.05, 3.63) is 18.2 Å². The molecule has 0 amide bonds. The Bertz CT molecular complexity index is 311. The molecule has 1 aromatic rings. The molecule has 1 rings (SSSR count). The zero-order valence-corrected chi connectivity index (χ0v) is 11.4. The minimum atomic E-state index is 0.282. The normalized spacial score (nSPS) is 14.8. The van der Waals surface area contributed by atoms with Crippen LogP contribution in [0.15, 0.2) is 12.4 Å². The van der Waals surface area contributed by atoms with Gasteiger partial charge in [-0.3, -0.25) is 0 Å². The third-order valence-corrected chi connectivity index (χ3v) is 3.08. The average Bonchev–Trinajstić information content (AvgIpc) is 2.76. The molecule has 2 unspecified atom stereocenters. The van der Waals surface area contributed by atoms with Crippen LogP contribution in [-0.2, 0) is 17.7 Å². The summed E-state index contributed by atoms with van der Waals surface area (Å²) in [5, 5.41) is 3.50. The van der Waals surface area contributed by atoms with Crippen LogP contribution in [-0.4, -0.2) is 35.4 Å². The lowest BCUT2D eigenvalue weighted by Gasteiger charge is -2.21. The van der Waals surface area contributed by atoms with Crippen molar-refractivity contribution in [2.45, 2.75) is 52.3 Å². The monoisotopic (exact) mass is 239 g/mol. The Morgan fingerprint density at radius 3 is 2.82 bits per heavy atom. The topological polar surface area (TPSA) is 39.1 Å². The second kappa shape index (κ2) is 7.45. The molecule has 98 valence electrons. The van der Waals surface area contributed by atoms with Crippen LogP contribution >= 0.6 is 0 Å². The Kier molecular flexibility index (Phi) is 6.22. The maximum absolute atomic E-state index is 5.34. The molecule has 1 aromatic heterocycles. The zero-order valence-electron chi connectivity index (χ0n) is 11.4. The fourth-order valence-corrected chi connectivity index (χ4v) is 2.06. The second-order valence-electron chi connectivity index (χ2n) is 4.37. The van der Waals surface area contributed by atoms with E-state index in [2.05, 4.69) is 35.6 Å². The molecule has 0 bridgehead atoms. The van der Waals surface area contributed by atoms with E-state index in [1.165, 1.54) is 0 Å². The van der Waals surface area contributed by atoms with E-state index in [1.54, 1.807) is 7.11 Å². The number of likely N-dealkylation sites (N-methyl/N-ethyl adjacent to an activating group) is 1. The Morgan fingerprint density at radius 1 is 1.47 bits per heavy atom. The van der Waals surface area contributed by atoms with Gasteiger partial charge >= 0.3 is 0 Å². The van der Waals surface area contributed by atoms with E-state index in [1.807, 2.05) is 12.4 Å². The van der Waals surface area contributed by atoms with Gasteiger partial charge in [0.1, 0.15) is 5.82 Å². The van der Waals surface area contributed by atoms with Crippen LogP contribution in [0.2, 0.25) is 0 Å². The molecule has 0 aliphatic rings. The smallest absolute Gasteiger partial charge is 0.110 e. The minimum Gasteiger partial charge on any atom is -0.382 e. The summed E-state index contributed by atoms with van der Waals surface area (Å²) in [5.41, 5.74) is 0. The molecule has 0 aromatic carbocycles. The molecule has 1 N–H and O–H groups in total. The number of nitrogens with one attached hydrogen (secondary N) is 1. The van der Waals surface area contributed by atoms with Crippen LogP contribution in [0.4, 0.5) is 0 Å². The van der Waals surface area contributed by atoms with Gasteiger partial charge in [-0.25, -0.2) is 4.98 Å². The summed E-state index contributed by atoms with van der Waals surface area (Å²) in [6.45, 7) is 8.35. The highest BCUT2D eigenvalue weighted by Gasteiger charge is 2.15. The summed E-state index contributed by atoms with van der Waals surface area (Å²) < 4.78 is 7.53. The van der Waals surface area contributed by atoms with E-state index in [9.17, 15) is 0 Å². The molecule has 0 aliphatic carbocycles. The summed E-state index contributed by atoms with van der Waals surface area (Å²) in [7, 11) is 1.76. The Labute approximate surface area is 104 Å². The first-order valence-electron chi connectivity index (χ1n) is 6.47. The van der Waals surface area contributed by atoms with Crippen molar-refractivity contribution < 1.29 is 4.74 Å². The third kappa shape index (κ3) is 4.48. The Hall–Kier alpha value is -0.870. The molecular formula is C13H25N3O. The first kappa shape index (κ1) is 14.2. The van der Waals surface area contributed by atoms with Crippen LogP contribution in [0.25, 0.3) is 0 Å². The lowest BCUT2D eigenvalue weighted by atomic mass is 10.1. The zero-order chi connectivity index (χ0) is 12.7. The first-order chi connectivity index (χ1) is 8.21. The maximum Gasteiger partial charge on any atom is 0.110 e. The highest BCUT2D eigenvalue weighted by molar-refractivity contribution is 4.95. The fraction of sp³-hybridized carbons (Fsp3) is 0.769. The summed E-state index contributed by atoms with van der Waals surface area (Å²) in [5.74, 6) is 1.15. The van der Waals surface area contributed by atoms with Gasteiger partial charge in [-0.2, -0.15) is 0 Å². The van der Waals surface area contributed by atoms with Crippen molar-refractivity contribution in [3.8, 4) is 0 Å². The van der Waals surface area contributed by atoms with Gasteiger partial charge in [-0.15, -0.1) is 0 Å². The van der Waals surface area contributed by atoms with Gasteiger partial charge in [0.2, 0.25) is 0 Å². The molecule has 1 heterocycles. The third-order valence-electron chi connectivity index (χ3n) is 3.08. The van der Waals surface area contributed by atoms with E-state index in [0.29, 0.717) is 6.04 Å². The van der Waals surface area contributed by atoms with E-state index >= 15 is 0 Å². The molecular weight excluding hydrogens is 214 g/mol. The first-order valence-corrected chi connectivity index (χ1v) is 6.47. The fourth-order valence-electron chi connectivity index (χ4n) is 2.06. The number of ether oxygens (including phenoxy) is 1. The average molecular weight is 239 g/mol. The van der Waals surface area contributed by atoms with E-state index in [0.717, 1.165) is 31.8 Å². The summed E-state index contributed by atoms with van der Waals surface area (Å²) in [6, 6.07) is 0.433. The lowest BCUT2D eigenvalue weighted by Crippen LogP contribution is -2.35. The molecule has 4 heteroatoms. The van der Waals surface area contributed by atoms with Crippen LogP contribution < -0.4 is 5.32 Å². The van der Waals surface area contributed by atoms with E-state index in [4.69, 9.17) is 4.74 Å². The van der Waals surface area contributed by atoms with Crippen LogP contribution in [0.5, 0.6) is 0 Å². The number of imidazole rings is 1. The summed E-state index contributed by atoms with van der Waals surface area (Å²) in [6.07, 6.45) is 6.17. The highest BCUT2D eigenvalue weighted by atomic mass is 16.5. The number of nitrogens with zero attached hydrogens (tertiary/aromatic N) is 2. The molecule has 0 saturated heterocycles. The largest absolute Gasteiger partial charge is 0.382 e. The maximum atomic E-state index is 5.34. The van der Waals surface area contributed by atoms with Crippen LogP contribution in [0.1, 0.15) is 33.0 Å². The Balaban J connectivity index is 2.59. The predicted octanol–water partition coefficient (Wildman–Crippen LogP) is 1.85. The van der Waals surface area contributed by atoms with E-state index < -0.39 is 0 Å². The number of rotatable bonds is 8. The van der Waals surface area contributed by atoms with Gasteiger partial charge < -0.3 is 14.6 Å². The SMILES string of the molecule is CCNC(Cc1nccn1CC)CC(C)OC. The van der Waals surface area contributed by atoms with Gasteiger partial charge in [-0.05, 0) is 26.8 Å². The van der Waals surface area contributed by atoms with Crippen molar-refractivity contribution in [2.24, 2.45) is 0 Å². The van der Waals surface area contributed by atoms with Gasteiger partial charge in [0.05, 0.1) is 6.10 Å². The van der Waals surface area contributed by atoms with E-state index in [-0.39, 0.29) is 6.10 Å². The lowest BCUT2D eigenvalue weighted by molar-refractivity contribution is 0.100. The molecule has 17 heavy (non-hydrogen) atoms. The number of methoxy groups -OCH3 is 1. The van der Waals surface area contributed by atoms with Crippen molar-refractivity contribution in [2.75, 3.05) is 13.7 Å². The molecule has 0 saturated carbocycles. The minimum absolute atomic E-state index is 0.282. The quantitative estimate of drug-likeness (QED) is 0.752.